The van der Waals surface area contributed by atoms with Crippen LogP contribution >= 0.6 is 0 Å². The summed E-state index contributed by atoms with van der Waals surface area (Å²) >= 11 is 0. The van der Waals surface area contributed by atoms with Crippen LogP contribution in [0.4, 0.5) is 13.2 Å². The lowest BCUT2D eigenvalue weighted by atomic mass is 9.43. The number of hydrogen-bond donors (Lipinski definition) is 3. The van der Waals surface area contributed by atoms with Crippen molar-refractivity contribution in [2.75, 3.05) is 13.1 Å². The van der Waals surface area contributed by atoms with E-state index in [1.165, 1.54) is 0 Å². The van der Waals surface area contributed by atoms with Crippen LogP contribution in [0.3, 0.4) is 0 Å². The first-order valence-corrected chi connectivity index (χ1v) is 13.1. The molecule has 1 aromatic carbocycles. The highest BCUT2D eigenvalue weighted by Gasteiger charge is 2.68. The summed E-state index contributed by atoms with van der Waals surface area (Å²) in [6.45, 7) is 5.87. The maximum atomic E-state index is 13.3. The molecule has 4 N–H and O–H groups in total. The number of hydrogen-bond acceptors (Lipinski definition) is 5. The zero-order valence-corrected chi connectivity index (χ0v) is 21.4. The largest absolute Gasteiger partial charge is 0.482 e. The van der Waals surface area contributed by atoms with Gasteiger partial charge in [0.15, 0.2) is 0 Å². The van der Waals surface area contributed by atoms with E-state index in [1.807, 2.05) is 30.3 Å². The number of nitrogens with two attached hydrogens (primary N) is 1. The topological polar surface area (TPSA) is 85.6 Å². The fourth-order valence-corrected chi connectivity index (χ4v) is 6.50. The molecule has 4 aliphatic rings. The van der Waals surface area contributed by atoms with Crippen LogP contribution in [0.1, 0.15) is 58.4 Å². The highest BCUT2D eigenvalue weighted by molar-refractivity contribution is 6.48. The van der Waals surface area contributed by atoms with Crippen LogP contribution < -0.4 is 16.4 Å². The highest BCUT2D eigenvalue weighted by atomic mass is 19.4. The van der Waals surface area contributed by atoms with Crippen molar-refractivity contribution in [2.45, 2.75) is 89.2 Å². The van der Waals surface area contributed by atoms with Crippen molar-refractivity contribution in [2.24, 2.45) is 23.0 Å². The van der Waals surface area contributed by atoms with Gasteiger partial charge in [0.1, 0.15) is 0 Å². The first kappa shape index (κ1) is 27.4. The Labute approximate surface area is 212 Å². The van der Waals surface area contributed by atoms with E-state index in [2.05, 4.69) is 31.4 Å². The van der Waals surface area contributed by atoms with Gasteiger partial charge in [0.2, 0.25) is 5.91 Å². The van der Waals surface area contributed by atoms with Crippen LogP contribution in [0.2, 0.25) is 0 Å². The number of benzene rings is 1. The molecule has 4 fully saturated rings. The minimum atomic E-state index is -4.41. The van der Waals surface area contributed by atoms with E-state index < -0.39 is 43.3 Å². The Bertz CT molecular complexity index is 903. The number of amides is 1. The molecule has 1 amide bonds. The smallest absolute Gasteiger partial charge is 0.404 e. The van der Waals surface area contributed by atoms with Crippen molar-refractivity contribution in [3.05, 3.63) is 35.9 Å². The van der Waals surface area contributed by atoms with E-state index in [4.69, 9.17) is 15.0 Å². The molecular weight excluding hydrogens is 470 g/mol. The normalized spacial score (nSPS) is 30.3. The molecule has 1 saturated heterocycles. The lowest BCUT2D eigenvalue weighted by Gasteiger charge is -2.64. The van der Waals surface area contributed by atoms with E-state index in [0.29, 0.717) is 37.6 Å². The van der Waals surface area contributed by atoms with Gasteiger partial charge >= 0.3 is 13.3 Å². The molecule has 1 aromatic rings. The van der Waals surface area contributed by atoms with Gasteiger partial charge in [-0.3, -0.25) is 10.1 Å². The average Bonchev–Trinajstić information content (AvgIpc) is 3.18. The van der Waals surface area contributed by atoms with Gasteiger partial charge in [-0.15, -0.1) is 0 Å². The summed E-state index contributed by atoms with van der Waals surface area (Å²) in [7, 11) is -0.674. The van der Waals surface area contributed by atoms with Crippen molar-refractivity contribution in [1.29, 1.82) is 0 Å². The third-order valence-electron chi connectivity index (χ3n) is 8.74. The first-order chi connectivity index (χ1) is 16.9. The zero-order valence-electron chi connectivity index (χ0n) is 21.4. The summed E-state index contributed by atoms with van der Waals surface area (Å²) in [6.07, 6.45) is -0.540. The van der Waals surface area contributed by atoms with Crippen molar-refractivity contribution >= 4 is 13.0 Å². The lowest BCUT2D eigenvalue weighted by Crippen LogP contribution is -2.65. The van der Waals surface area contributed by atoms with Gasteiger partial charge in [-0.1, -0.05) is 50.6 Å². The number of alkyl halides is 3. The van der Waals surface area contributed by atoms with Crippen LogP contribution in [-0.4, -0.2) is 56.0 Å². The van der Waals surface area contributed by atoms with Gasteiger partial charge < -0.3 is 20.4 Å². The van der Waals surface area contributed by atoms with Crippen LogP contribution in [0.25, 0.3) is 0 Å². The number of carbonyl (C=O) groups excluding carboxylic acids is 1. The molecule has 6 nitrogen and oxygen atoms in total. The van der Waals surface area contributed by atoms with E-state index in [9.17, 15) is 18.0 Å². The van der Waals surface area contributed by atoms with Crippen molar-refractivity contribution in [3.8, 4) is 0 Å². The molecule has 0 radical (unpaired) electrons. The molecule has 1 aliphatic heterocycles. The second kappa shape index (κ2) is 10.6. The Kier molecular flexibility index (Phi) is 8.10. The molecule has 3 saturated carbocycles. The SMILES string of the molecule is CC1(C)[C@@H]2C[C@H]3OB(C(Cc4ccccc4)NC(=O)C(CCCCN)NCC(F)(F)F)O[C@@]3(C)[C@H]1C2. The Morgan fingerprint density at radius 2 is 1.92 bits per heavy atom. The number of unbranched alkanes of at least 4 members (excludes halogenated alkanes) is 1. The lowest BCUT2D eigenvalue weighted by molar-refractivity contribution is -0.199. The van der Waals surface area contributed by atoms with Crippen LogP contribution in [0.15, 0.2) is 30.3 Å². The highest BCUT2D eigenvalue weighted by Crippen LogP contribution is 2.65. The molecule has 200 valence electrons. The summed E-state index contributed by atoms with van der Waals surface area (Å²) in [6, 6.07) is 8.70. The summed E-state index contributed by atoms with van der Waals surface area (Å²) in [5.74, 6) is -0.0609. The molecular formula is C26H39BF3N3O3. The number of rotatable bonds is 11. The third-order valence-corrected chi connectivity index (χ3v) is 8.74. The molecule has 0 spiro atoms. The molecule has 6 atom stereocenters. The molecule has 10 heteroatoms. The van der Waals surface area contributed by atoms with Gasteiger partial charge in [0.05, 0.1) is 30.2 Å². The minimum Gasteiger partial charge on any atom is -0.404 e. The van der Waals surface area contributed by atoms with Gasteiger partial charge in [0.25, 0.3) is 0 Å². The average molecular weight is 509 g/mol. The number of nitrogens with one attached hydrogen (secondary N) is 2. The van der Waals surface area contributed by atoms with Gasteiger partial charge in [0, 0.05) is 0 Å². The zero-order chi connectivity index (χ0) is 26.1. The van der Waals surface area contributed by atoms with Crippen molar-refractivity contribution in [3.63, 3.8) is 0 Å². The second-order valence-corrected chi connectivity index (χ2v) is 11.5. The Morgan fingerprint density at radius 3 is 2.56 bits per heavy atom. The molecule has 0 aromatic heterocycles. The van der Waals surface area contributed by atoms with E-state index in [-0.39, 0.29) is 17.9 Å². The fourth-order valence-electron chi connectivity index (χ4n) is 6.50. The predicted molar refractivity (Wildman–Crippen MR) is 133 cm³/mol. The van der Waals surface area contributed by atoms with Crippen LogP contribution in [0.5, 0.6) is 0 Å². The molecule has 3 aliphatic carbocycles. The Balaban J connectivity index is 1.50. The summed E-state index contributed by atoms with van der Waals surface area (Å²) in [5, 5.41) is 5.40. The molecule has 1 heterocycles. The van der Waals surface area contributed by atoms with E-state index >= 15 is 0 Å². The standard InChI is InChI=1S/C26H39BF3N3O3/c1-24(2)18-14-20(24)25(3)21(15-18)35-27(36-25)22(13-17-9-5-4-6-10-17)33-23(34)19(11-7-8-12-31)32-16-26(28,29)30/h4-6,9-10,18-22,32H,7-8,11-16,31H2,1-3H3,(H,33,34)/t18-,19?,20-,21+,22?,25-/m0/s1. The molecule has 2 unspecified atom stereocenters. The second-order valence-electron chi connectivity index (χ2n) is 11.5. The summed E-state index contributed by atoms with van der Waals surface area (Å²) in [5.41, 5.74) is 6.27. The van der Waals surface area contributed by atoms with Crippen molar-refractivity contribution in [1.82, 2.24) is 10.6 Å². The minimum absolute atomic E-state index is 0.0573. The maximum absolute atomic E-state index is 13.3. The molecule has 36 heavy (non-hydrogen) atoms. The third kappa shape index (κ3) is 5.77. The molecule has 2 bridgehead atoms. The Hall–Kier alpha value is -1.62. The van der Waals surface area contributed by atoms with Gasteiger partial charge in [-0.05, 0) is 68.4 Å². The van der Waals surface area contributed by atoms with Gasteiger partial charge in [-0.25, -0.2) is 0 Å². The Morgan fingerprint density at radius 1 is 1.19 bits per heavy atom. The predicted octanol–water partition coefficient (Wildman–Crippen LogP) is 3.63. The van der Waals surface area contributed by atoms with Crippen LogP contribution in [-0.2, 0) is 20.5 Å². The van der Waals surface area contributed by atoms with E-state index in [1.54, 1.807) is 0 Å². The summed E-state index contributed by atoms with van der Waals surface area (Å²) in [4.78, 5) is 13.3. The quantitative estimate of drug-likeness (QED) is 0.314. The van der Waals surface area contributed by atoms with E-state index in [0.717, 1.165) is 18.4 Å². The molecule has 5 rings (SSSR count). The monoisotopic (exact) mass is 509 g/mol. The number of halogens is 3. The summed E-state index contributed by atoms with van der Waals surface area (Å²) < 4.78 is 51.8. The fraction of sp³-hybridized carbons (Fsp3) is 0.731. The maximum Gasteiger partial charge on any atom is 0.482 e. The number of carbonyl (C=O) groups is 1. The van der Waals surface area contributed by atoms with Crippen LogP contribution in [0, 0.1) is 17.3 Å². The van der Waals surface area contributed by atoms with Gasteiger partial charge in [-0.2, -0.15) is 13.2 Å². The first-order valence-electron chi connectivity index (χ1n) is 13.1. The van der Waals surface area contributed by atoms with Crippen molar-refractivity contribution < 1.29 is 27.3 Å².